The fourth-order valence-electron chi connectivity index (χ4n) is 1.42. The zero-order chi connectivity index (χ0) is 13.8. The van der Waals surface area contributed by atoms with E-state index in [1.165, 1.54) is 6.07 Å². The molecule has 1 unspecified atom stereocenters. The Hall–Kier alpha value is -0.720. The van der Waals surface area contributed by atoms with Crippen molar-refractivity contribution in [3.05, 3.63) is 35.4 Å². The Balaban J connectivity index is 2.75. The van der Waals surface area contributed by atoms with Gasteiger partial charge in [-0.25, -0.2) is 21.9 Å². The van der Waals surface area contributed by atoms with Gasteiger partial charge in [0.15, 0.2) is 11.6 Å². The molecule has 3 nitrogen and oxygen atoms in total. The Kier molecular flexibility index (Phi) is 5.49. The van der Waals surface area contributed by atoms with Crippen LogP contribution in [-0.2, 0) is 10.0 Å². The van der Waals surface area contributed by atoms with Gasteiger partial charge in [-0.15, -0.1) is 11.6 Å². The van der Waals surface area contributed by atoms with E-state index in [0.29, 0.717) is 12.0 Å². The molecule has 1 atom stereocenters. The summed E-state index contributed by atoms with van der Waals surface area (Å²) in [6, 6.07) is 2.66. The SMILES string of the molecule is CC(NS(=O)(=O)CCCCl)c1ccc(F)c(F)c1. The van der Waals surface area contributed by atoms with E-state index in [9.17, 15) is 17.2 Å². The van der Waals surface area contributed by atoms with E-state index < -0.39 is 27.7 Å². The number of hydrogen-bond acceptors (Lipinski definition) is 2. The van der Waals surface area contributed by atoms with Crippen molar-refractivity contribution in [3.63, 3.8) is 0 Å². The predicted octanol–water partition coefficient (Wildman–Crippen LogP) is 2.57. The molecule has 0 saturated heterocycles. The van der Waals surface area contributed by atoms with E-state index in [2.05, 4.69) is 4.72 Å². The second-order valence-corrected chi connectivity index (χ2v) is 6.13. The van der Waals surface area contributed by atoms with Crippen molar-refractivity contribution in [2.75, 3.05) is 11.6 Å². The Morgan fingerprint density at radius 1 is 1.33 bits per heavy atom. The fraction of sp³-hybridized carbons (Fsp3) is 0.455. The van der Waals surface area contributed by atoms with Gasteiger partial charge in [0.2, 0.25) is 10.0 Å². The van der Waals surface area contributed by atoms with Crippen molar-refractivity contribution in [1.29, 1.82) is 0 Å². The third kappa shape index (κ3) is 4.51. The third-order valence-electron chi connectivity index (χ3n) is 2.35. The normalized spacial score (nSPS) is 13.6. The molecule has 0 spiro atoms. The topological polar surface area (TPSA) is 46.2 Å². The Bertz CT molecular complexity index is 508. The number of benzene rings is 1. The first-order valence-corrected chi connectivity index (χ1v) is 7.55. The summed E-state index contributed by atoms with van der Waals surface area (Å²) in [5.74, 6) is -1.81. The second-order valence-electron chi connectivity index (χ2n) is 3.87. The highest BCUT2D eigenvalue weighted by Crippen LogP contribution is 2.16. The van der Waals surface area contributed by atoms with Crippen molar-refractivity contribution in [3.8, 4) is 0 Å². The van der Waals surface area contributed by atoms with Crippen LogP contribution >= 0.6 is 11.6 Å². The van der Waals surface area contributed by atoms with Gasteiger partial charge in [0.1, 0.15) is 0 Å². The minimum atomic E-state index is -3.46. The summed E-state index contributed by atoms with van der Waals surface area (Å²) >= 11 is 5.42. The number of alkyl halides is 1. The lowest BCUT2D eigenvalue weighted by atomic mass is 10.1. The molecule has 102 valence electrons. The maximum Gasteiger partial charge on any atom is 0.212 e. The average Bonchev–Trinajstić information content (AvgIpc) is 2.29. The van der Waals surface area contributed by atoms with Gasteiger partial charge in [0.05, 0.1) is 5.75 Å². The maximum atomic E-state index is 13.0. The van der Waals surface area contributed by atoms with Crippen molar-refractivity contribution in [1.82, 2.24) is 4.72 Å². The molecule has 1 aromatic carbocycles. The molecule has 0 amide bonds. The summed E-state index contributed by atoms with van der Waals surface area (Å²) in [5, 5.41) is 0. The van der Waals surface area contributed by atoms with E-state index in [1.54, 1.807) is 6.92 Å². The number of nitrogens with one attached hydrogen (secondary N) is 1. The number of hydrogen-bond donors (Lipinski definition) is 1. The zero-order valence-corrected chi connectivity index (χ0v) is 11.4. The van der Waals surface area contributed by atoms with Crippen molar-refractivity contribution >= 4 is 21.6 Å². The molecule has 0 aliphatic heterocycles. The first-order valence-electron chi connectivity index (χ1n) is 5.36. The Labute approximate surface area is 110 Å². The first kappa shape index (κ1) is 15.3. The average molecular weight is 298 g/mol. The number of sulfonamides is 1. The largest absolute Gasteiger partial charge is 0.212 e. The van der Waals surface area contributed by atoms with Gasteiger partial charge in [0.25, 0.3) is 0 Å². The van der Waals surface area contributed by atoms with Gasteiger partial charge in [0, 0.05) is 11.9 Å². The maximum absolute atomic E-state index is 13.0. The fourth-order valence-corrected chi connectivity index (χ4v) is 3.03. The highest BCUT2D eigenvalue weighted by atomic mass is 35.5. The molecule has 0 aliphatic carbocycles. The molecule has 0 heterocycles. The van der Waals surface area contributed by atoms with Crippen LogP contribution in [0.3, 0.4) is 0 Å². The van der Waals surface area contributed by atoms with E-state index in [4.69, 9.17) is 11.6 Å². The standard InChI is InChI=1S/C11H14ClF2NO2S/c1-8(15-18(16,17)6-2-5-12)9-3-4-10(13)11(14)7-9/h3-4,7-8,15H,2,5-6H2,1H3. The number of rotatable bonds is 6. The third-order valence-corrected chi connectivity index (χ3v) is 4.15. The van der Waals surface area contributed by atoms with Crippen LogP contribution < -0.4 is 4.72 Å². The van der Waals surface area contributed by atoms with Gasteiger partial charge in [-0.3, -0.25) is 0 Å². The van der Waals surface area contributed by atoms with Crippen molar-refractivity contribution in [2.24, 2.45) is 0 Å². The van der Waals surface area contributed by atoms with Crippen LogP contribution in [-0.4, -0.2) is 20.1 Å². The van der Waals surface area contributed by atoms with Gasteiger partial charge in [-0.1, -0.05) is 6.07 Å². The summed E-state index contributed by atoms with van der Waals surface area (Å²) < 4.78 is 51.3. The Morgan fingerprint density at radius 2 is 2.00 bits per heavy atom. The monoisotopic (exact) mass is 297 g/mol. The molecule has 0 saturated carbocycles. The number of halogens is 3. The summed E-state index contributed by atoms with van der Waals surface area (Å²) in [5.41, 5.74) is 0.364. The molecular weight excluding hydrogens is 284 g/mol. The minimum absolute atomic E-state index is 0.0927. The van der Waals surface area contributed by atoms with E-state index in [1.807, 2.05) is 0 Å². The lowest BCUT2D eigenvalue weighted by Gasteiger charge is -2.14. The summed E-state index contributed by atoms with van der Waals surface area (Å²) in [6.07, 6.45) is 0.335. The van der Waals surface area contributed by atoms with Crippen LogP contribution in [0.1, 0.15) is 24.9 Å². The van der Waals surface area contributed by atoms with Crippen LogP contribution in [0.25, 0.3) is 0 Å². The zero-order valence-electron chi connectivity index (χ0n) is 9.79. The van der Waals surface area contributed by atoms with Crippen LogP contribution in [0.5, 0.6) is 0 Å². The van der Waals surface area contributed by atoms with Gasteiger partial charge in [-0.2, -0.15) is 0 Å². The van der Waals surface area contributed by atoms with Crippen LogP contribution in [0.2, 0.25) is 0 Å². The lowest BCUT2D eigenvalue weighted by molar-refractivity contribution is 0.504. The molecule has 0 aliphatic rings. The van der Waals surface area contributed by atoms with Gasteiger partial charge >= 0.3 is 0 Å². The second kappa shape index (κ2) is 6.45. The lowest BCUT2D eigenvalue weighted by Crippen LogP contribution is -2.29. The molecule has 0 bridgehead atoms. The van der Waals surface area contributed by atoms with E-state index in [-0.39, 0.29) is 11.6 Å². The predicted molar refractivity (Wildman–Crippen MR) is 67.0 cm³/mol. The quantitative estimate of drug-likeness (QED) is 0.820. The smallest absolute Gasteiger partial charge is 0.212 e. The summed E-state index contributed by atoms with van der Waals surface area (Å²) in [4.78, 5) is 0. The first-order chi connectivity index (χ1) is 8.35. The summed E-state index contributed by atoms with van der Waals surface area (Å²) in [6.45, 7) is 1.56. The van der Waals surface area contributed by atoms with Crippen LogP contribution in [0.15, 0.2) is 18.2 Å². The molecule has 7 heteroatoms. The van der Waals surface area contributed by atoms with E-state index in [0.717, 1.165) is 12.1 Å². The Morgan fingerprint density at radius 3 is 2.56 bits per heavy atom. The molecule has 0 fully saturated rings. The van der Waals surface area contributed by atoms with Crippen molar-refractivity contribution < 1.29 is 17.2 Å². The summed E-state index contributed by atoms with van der Waals surface area (Å²) in [7, 11) is -3.46. The van der Waals surface area contributed by atoms with Crippen LogP contribution in [0.4, 0.5) is 8.78 Å². The molecule has 1 rings (SSSR count). The highest BCUT2D eigenvalue weighted by Gasteiger charge is 2.16. The molecule has 18 heavy (non-hydrogen) atoms. The highest BCUT2D eigenvalue weighted by molar-refractivity contribution is 7.89. The molecular formula is C11H14ClF2NO2S. The van der Waals surface area contributed by atoms with E-state index >= 15 is 0 Å². The molecule has 1 aromatic rings. The van der Waals surface area contributed by atoms with Gasteiger partial charge < -0.3 is 0 Å². The van der Waals surface area contributed by atoms with Crippen LogP contribution in [0, 0.1) is 11.6 Å². The van der Waals surface area contributed by atoms with Gasteiger partial charge in [-0.05, 0) is 31.0 Å². The van der Waals surface area contributed by atoms with Crippen molar-refractivity contribution in [2.45, 2.75) is 19.4 Å². The molecule has 1 N–H and O–H groups in total. The minimum Gasteiger partial charge on any atom is -0.212 e. The molecule has 0 radical (unpaired) electrons. The molecule has 0 aromatic heterocycles.